The topological polar surface area (TPSA) is 41.6 Å². The van der Waals surface area contributed by atoms with E-state index in [0.29, 0.717) is 5.96 Å². The van der Waals surface area contributed by atoms with Gasteiger partial charge in [-0.15, -0.1) is 0 Å². The Morgan fingerprint density at radius 1 is 0.926 bits per heavy atom. The maximum atomic E-state index is 6.38. The summed E-state index contributed by atoms with van der Waals surface area (Å²) in [5, 5.41) is 2.44. The summed E-state index contributed by atoms with van der Waals surface area (Å²) in [6.45, 7) is 3.89. The smallest absolute Gasteiger partial charge is 0.196 e. The van der Waals surface area contributed by atoms with Gasteiger partial charge in [0.1, 0.15) is 0 Å². The van der Waals surface area contributed by atoms with Crippen LogP contribution in [0, 0.1) is 0 Å². The van der Waals surface area contributed by atoms with Crippen molar-refractivity contribution in [3.05, 3.63) is 77.4 Å². The minimum atomic E-state index is 0.595. The van der Waals surface area contributed by atoms with Crippen molar-refractivity contribution in [3.63, 3.8) is 0 Å². The lowest BCUT2D eigenvalue weighted by Crippen LogP contribution is -2.37. The Morgan fingerprint density at radius 2 is 1.70 bits per heavy atom. The van der Waals surface area contributed by atoms with Crippen LogP contribution in [0.3, 0.4) is 0 Å². The van der Waals surface area contributed by atoms with E-state index in [2.05, 4.69) is 84.6 Å². The Hall–Kier alpha value is -3.07. The maximum absolute atomic E-state index is 6.38. The van der Waals surface area contributed by atoms with Crippen LogP contribution >= 0.6 is 0 Å². The molecule has 136 valence electrons. The van der Waals surface area contributed by atoms with Gasteiger partial charge >= 0.3 is 0 Å². The highest BCUT2D eigenvalue weighted by atomic mass is 15.2. The van der Waals surface area contributed by atoms with E-state index >= 15 is 0 Å². The van der Waals surface area contributed by atoms with Crippen LogP contribution in [0.5, 0.6) is 0 Å². The molecule has 0 saturated heterocycles. The van der Waals surface area contributed by atoms with Crippen molar-refractivity contribution >= 4 is 34.6 Å². The zero-order valence-electron chi connectivity index (χ0n) is 15.7. The second-order valence-corrected chi connectivity index (χ2v) is 6.92. The van der Waals surface area contributed by atoms with Crippen molar-refractivity contribution in [1.82, 2.24) is 4.90 Å². The van der Waals surface area contributed by atoms with Crippen molar-refractivity contribution in [2.45, 2.75) is 19.8 Å². The summed E-state index contributed by atoms with van der Waals surface area (Å²) in [4.78, 5) is 6.94. The quantitative estimate of drug-likeness (QED) is 0.380. The Morgan fingerprint density at radius 3 is 2.48 bits per heavy atom. The molecule has 4 rings (SSSR count). The molecule has 0 saturated carbocycles. The van der Waals surface area contributed by atoms with Crippen LogP contribution in [0.2, 0.25) is 0 Å². The summed E-state index contributed by atoms with van der Waals surface area (Å²) in [5.74, 6) is 0.595. The zero-order valence-corrected chi connectivity index (χ0v) is 15.7. The fourth-order valence-corrected chi connectivity index (χ4v) is 3.75. The van der Waals surface area contributed by atoms with E-state index in [1.165, 1.54) is 27.5 Å². The van der Waals surface area contributed by atoms with E-state index < -0.39 is 0 Å². The number of guanidine groups is 1. The van der Waals surface area contributed by atoms with E-state index in [0.717, 1.165) is 31.6 Å². The first-order chi connectivity index (χ1) is 13.3. The SMILES string of the molecule is CCN(CCCc1ccccc1)C(N)=Nc1ccc2c3c(cccc13)C=C2. The zero-order chi connectivity index (χ0) is 18.6. The molecular weight excluding hydrogens is 330 g/mol. The Kier molecular flexibility index (Phi) is 4.93. The third-order valence-electron chi connectivity index (χ3n) is 5.20. The number of hydrogen-bond acceptors (Lipinski definition) is 1. The first-order valence-corrected chi connectivity index (χ1v) is 9.63. The molecule has 0 fully saturated rings. The first-order valence-electron chi connectivity index (χ1n) is 9.63. The number of nitrogens with zero attached hydrogens (tertiary/aromatic N) is 2. The summed E-state index contributed by atoms with van der Waals surface area (Å²) in [7, 11) is 0. The van der Waals surface area contributed by atoms with E-state index in [-0.39, 0.29) is 0 Å². The molecule has 0 amide bonds. The van der Waals surface area contributed by atoms with Crippen LogP contribution in [-0.2, 0) is 6.42 Å². The minimum Gasteiger partial charge on any atom is -0.369 e. The van der Waals surface area contributed by atoms with Gasteiger partial charge in [0.05, 0.1) is 5.69 Å². The average Bonchev–Trinajstić information content (AvgIpc) is 3.13. The summed E-state index contributed by atoms with van der Waals surface area (Å²) in [6.07, 6.45) is 6.44. The van der Waals surface area contributed by atoms with E-state index in [9.17, 15) is 0 Å². The Bertz CT molecular complexity index is 991. The summed E-state index contributed by atoms with van der Waals surface area (Å²) < 4.78 is 0. The van der Waals surface area contributed by atoms with Crippen molar-refractivity contribution in [2.75, 3.05) is 13.1 Å². The lowest BCUT2D eigenvalue weighted by molar-refractivity contribution is 0.426. The lowest BCUT2D eigenvalue weighted by atomic mass is 10.0. The highest BCUT2D eigenvalue weighted by Gasteiger charge is 2.12. The van der Waals surface area contributed by atoms with Crippen molar-refractivity contribution in [3.8, 4) is 0 Å². The summed E-state index contributed by atoms with van der Waals surface area (Å²) in [6, 6.07) is 21.2. The number of nitrogens with two attached hydrogens (primary N) is 1. The lowest BCUT2D eigenvalue weighted by Gasteiger charge is -2.22. The number of benzene rings is 3. The fraction of sp³-hybridized carbons (Fsp3) is 0.208. The number of aryl methyl sites for hydroxylation is 1. The maximum Gasteiger partial charge on any atom is 0.196 e. The van der Waals surface area contributed by atoms with Gasteiger partial charge in [0.25, 0.3) is 0 Å². The number of aliphatic imine (C=N–C) groups is 1. The Labute approximate surface area is 160 Å². The largest absolute Gasteiger partial charge is 0.369 e. The van der Waals surface area contributed by atoms with Crippen LogP contribution < -0.4 is 5.73 Å². The molecule has 27 heavy (non-hydrogen) atoms. The Balaban J connectivity index is 1.52. The second-order valence-electron chi connectivity index (χ2n) is 6.92. The average molecular weight is 355 g/mol. The van der Waals surface area contributed by atoms with Crippen LogP contribution in [-0.4, -0.2) is 23.9 Å². The van der Waals surface area contributed by atoms with Gasteiger partial charge < -0.3 is 10.6 Å². The number of rotatable bonds is 6. The summed E-state index contributed by atoms with van der Waals surface area (Å²) >= 11 is 0. The van der Waals surface area contributed by atoms with Crippen LogP contribution in [0.4, 0.5) is 5.69 Å². The van der Waals surface area contributed by atoms with Gasteiger partial charge in [-0.3, -0.25) is 0 Å². The molecule has 0 aliphatic heterocycles. The van der Waals surface area contributed by atoms with Crippen molar-refractivity contribution < 1.29 is 0 Å². The first kappa shape index (κ1) is 17.3. The van der Waals surface area contributed by atoms with E-state index in [1.807, 2.05) is 0 Å². The normalized spacial score (nSPS) is 12.7. The monoisotopic (exact) mass is 355 g/mol. The standard InChI is InChI=1S/C24H25N3/c1-2-27(17-7-10-18-8-4-3-5-9-18)24(25)26-22-16-15-20-14-13-19-11-6-12-21(22)23(19)20/h3-6,8-9,11-16H,2,7,10,17H2,1H3,(H2,25,26). The molecule has 3 aromatic rings. The van der Waals surface area contributed by atoms with Gasteiger partial charge in [-0.1, -0.05) is 66.7 Å². The molecule has 2 N–H and O–H groups in total. The fourth-order valence-electron chi connectivity index (χ4n) is 3.75. The minimum absolute atomic E-state index is 0.595. The molecule has 1 aliphatic rings. The van der Waals surface area contributed by atoms with Gasteiger partial charge in [0, 0.05) is 18.5 Å². The predicted molar refractivity (Wildman–Crippen MR) is 116 cm³/mol. The van der Waals surface area contributed by atoms with Gasteiger partial charge in [0.2, 0.25) is 0 Å². The third kappa shape index (κ3) is 3.59. The highest BCUT2D eigenvalue weighted by Crippen LogP contribution is 2.36. The molecule has 0 aromatic heterocycles. The molecule has 1 aliphatic carbocycles. The van der Waals surface area contributed by atoms with E-state index in [4.69, 9.17) is 10.7 Å². The molecule has 0 unspecified atom stereocenters. The highest BCUT2D eigenvalue weighted by molar-refractivity contribution is 6.09. The molecule has 0 radical (unpaired) electrons. The van der Waals surface area contributed by atoms with Gasteiger partial charge in [-0.2, -0.15) is 0 Å². The van der Waals surface area contributed by atoms with Crippen LogP contribution in [0.15, 0.2) is 65.7 Å². The molecular formula is C24H25N3. The molecule has 0 bridgehead atoms. The van der Waals surface area contributed by atoms with Crippen molar-refractivity contribution in [2.24, 2.45) is 10.7 Å². The van der Waals surface area contributed by atoms with Crippen molar-refractivity contribution in [1.29, 1.82) is 0 Å². The van der Waals surface area contributed by atoms with E-state index in [1.54, 1.807) is 0 Å². The molecule has 0 heterocycles. The number of hydrogen-bond donors (Lipinski definition) is 1. The van der Waals surface area contributed by atoms with Gasteiger partial charge in [-0.25, -0.2) is 4.99 Å². The predicted octanol–water partition coefficient (Wildman–Crippen LogP) is 5.22. The molecule has 3 nitrogen and oxygen atoms in total. The second kappa shape index (κ2) is 7.67. The van der Waals surface area contributed by atoms with Gasteiger partial charge in [-0.05, 0) is 47.9 Å². The van der Waals surface area contributed by atoms with Gasteiger partial charge in [0.15, 0.2) is 5.96 Å². The molecule has 0 atom stereocenters. The molecule has 3 heteroatoms. The van der Waals surface area contributed by atoms with Crippen LogP contribution in [0.1, 0.15) is 30.0 Å². The third-order valence-corrected chi connectivity index (χ3v) is 5.20. The summed E-state index contributed by atoms with van der Waals surface area (Å²) in [5.41, 5.74) is 11.2. The molecule has 0 spiro atoms. The van der Waals surface area contributed by atoms with Crippen LogP contribution in [0.25, 0.3) is 22.9 Å². The molecule has 3 aromatic carbocycles.